The molecule has 0 saturated carbocycles. The van der Waals surface area contributed by atoms with Crippen molar-refractivity contribution >= 4 is 11.6 Å². The first-order valence-corrected chi connectivity index (χ1v) is 7.72. The number of nitrogens with two attached hydrogens (primary N) is 1. The Morgan fingerprint density at radius 1 is 1.40 bits per heavy atom. The maximum atomic E-state index is 6.24. The van der Waals surface area contributed by atoms with Crippen LogP contribution >= 0.6 is 11.6 Å². The standard InChI is InChI=1S/C16H25ClN2O/c1-12-3-4-14(9-15(12)17)16(10-18)19-7-5-13(6-8-19)11-20-2/h3-4,9,13,16H,5-8,10-11,18H2,1-2H3. The van der Waals surface area contributed by atoms with Gasteiger partial charge in [-0.05, 0) is 56.0 Å². The Bertz CT molecular complexity index is 430. The zero-order valence-corrected chi connectivity index (χ0v) is 13.2. The number of benzene rings is 1. The minimum Gasteiger partial charge on any atom is -0.384 e. The molecule has 2 rings (SSSR count). The number of methoxy groups -OCH3 is 1. The fraction of sp³-hybridized carbons (Fsp3) is 0.625. The second-order valence-corrected chi connectivity index (χ2v) is 6.10. The number of ether oxygens (including phenoxy) is 1. The molecule has 2 N–H and O–H groups in total. The molecule has 3 nitrogen and oxygen atoms in total. The van der Waals surface area contributed by atoms with Crippen molar-refractivity contribution in [1.82, 2.24) is 4.90 Å². The van der Waals surface area contributed by atoms with Crippen LogP contribution < -0.4 is 5.73 Å². The van der Waals surface area contributed by atoms with Crippen LogP contribution in [0.1, 0.15) is 30.0 Å². The van der Waals surface area contributed by atoms with Crippen molar-refractivity contribution in [3.63, 3.8) is 0 Å². The van der Waals surface area contributed by atoms with Crippen LogP contribution in [0.3, 0.4) is 0 Å². The minimum absolute atomic E-state index is 0.275. The van der Waals surface area contributed by atoms with E-state index in [1.807, 2.05) is 6.92 Å². The van der Waals surface area contributed by atoms with Gasteiger partial charge in [-0.15, -0.1) is 0 Å². The maximum absolute atomic E-state index is 6.24. The van der Waals surface area contributed by atoms with Crippen LogP contribution in [0.4, 0.5) is 0 Å². The van der Waals surface area contributed by atoms with E-state index < -0.39 is 0 Å². The zero-order valence-electron chi connectivity index (χ0n) is 12.4. The molecule has 0 aliphatic carbocycles. The van der Waals surface area contributed by atoms with Gasteiger partial charge in [0.1, 0.15) is 0 Å². The third kappa shape index (κ3) is 3.73. The highest BCUT2D eigenvalue weighted by atomic mass is 35.5. The molecule has 20 heavy (non-hydrogen) atoms. The van der Waals surface area contributed by atoms with Gasteiger partial charge < -0.3 is 10.5 Å². The Balaban J connectivity index is 2.03. The normalized spacial score (nSPS) is 19.2. The van der Waals surface area contributed by atoms with Gasteiger partial charge in [0.2, 0.25) is 0 Å². The van der Waals surface area contributed by atoms with Crippen molar-refractivity contribution in [2.75, 3.05) is 33.4 Å². The first kappa shape index (κ1) is 15.8. The van der Waals surface area contributed by atoms with E-state index in [9.17, 15) is 0 Å². The molecule has 1 atom stereocenters. The van der Waals surface area contributed by atoms with Crippen LogP contribution in [0.25, 0.3) is 0 Å². The van der Waals surface area contributed by atoms with Crippen LogP contribution in [-0.2, 0) is 4.74 Å². The molecule has 0 amide bonds. The lowest BCUT2D eigenvalue weighted by Gasteiger charge is -2.37. The lowest BCUT2D eigenvalue weighted by Crippen LogP contribution is -2.40. The smallest absolute Gasteiger partial charge is 0.0491 e. The van der Waals surface area contributed by atoms with Crippen LogP contribution in [0.2, 0.25) is 5.02 Å². The van der Waals surface area contributed by atoms with Gasteiger partial charge in [-0.3, -0.25) is 4.90 Å². The molecule has 4 heteroatoms. The van der Waals surface area contributed by atoms with E-state index in [4.69, 9.17) is 22.1 Å². The number of likely N-dealkylation sites (tertiary alicyclic amines) is 1. The molecule has 0 aromatic heterocycles. The van der Waals surface area contributed by atoms with Crippen molar-refractivity contribution in [2.24, 2.45) is 11.7 Å². The number of halogens is 1. The Morgan fingerprint density at radius 3 is 2.65 bits per heavy atom. The van der Waals surface area contributed by atoms with Crippen molar-refractivity contribution in [3.8, 4) is 0 Å². The average molecular weight is 297 g/mol. The molecule has 1 saturated heterocycles. The molecule has 112 valence electrons. The highest BCUT2D eigenvalue weighted by Gasteiger charge is 2.25. The largest absolute Gasteiger partial charge is 0.384 e. The van der Waals surface area contributed by atoms with Crippen molar-refractivity contribution in [1.29, 1.82) is 0 Å². The van der Waals surface area contributed by atoms with Crippen LogP contribution in [-0.4, -0.2) is 38.3 Å². The van der Waals surface area contributed by atoms with E-state index in [1.54, 1.807) is 7.11 Å². The summed E-state index contributed by atoms with van der Waals surface area (Å²) in [6.45, 7) is 5.70. The van der Waals surface area contributed by atoms with Crippen molar-refractivity contribution in [2.45, 2.75) is 25.8 Å². The zero-order chi connectivity index (χ0) is 14.5. The summed E-state index contributed by atoms with van der Waals surface area (Å²) in [5.41, 5.74) is 8.35. The van der Waals surface area contributed by atoms with E-state index in [1.165, 1.54) is 18.4 Å². The number of nitrogens with zero attached hydrogens (tertiary/aromatic N) is 1. The molecular formula is C16H25ClN2O. The first-order chi connectivity index (χ1) is 9.65. The third-order valence-corrected chi connectivity index (χ3v) is 4.70. The molecule has 1 aromatic rings. The summed E-state index contributed by atoms with van der Waals surface area (Å²) in [5.74, 6) is 0.691. The SMILES string of the molecule is COCC1CCN(C(CN)c2ccc(C)c(Cl)c2)CC1. The summed E-state index contributed by atoms with van der Waals surface area (Å²) >= 11 is 6.24. The van der Waals surface area contributed by atoms with Gasteiger partial charge in [-0.1, -0.05) is 23.7 Å². The fourth-order valence-electron chi connectivity index (χ4n) is 2.98. The van der Waals surface area contributed by atoms with Gasteiger partial charge in [-0.25, -0.2) is 0 Å². The van der Waals surface area contributed by atoms with Crippen molar-refractivity contribution in [3.05, 3.63) is 34.3 Å². The van der Waals surface area contributed by atoms with E-state index in [0.29, 0.717) is 12.5 Å². The number of piperidine rings is 1. The number of hydrogen-bond donors (Lipinski definition) is 1. The predicted molar refractivity (Wildman–Crippen MR) is 84.2 cm³/mol. The highest BCUT2D eigenvalue weighted by molar-refractivity contribution is 6.31. The molecule has 1 aliphatic rings. The number of hydrogen-bond acceptors (Lipinski definition) is 3. The van der Waals surface area contributed by atoms with E-state index >= 15 is 0 Å². The molecule has 1 unspecified atom stereocenters. The van der Waals surface area contributed by atoms with E-state index in [2.05, 4.69) is 23.1 Å². The van der Waals surface area contributed by atoms with Gasteiger partial charge in [0.05, 0.1) is 0 Å². The third-order valence-electron chi connectivity index (χ3n) is 4.30. The minimum atomic E-state index is 0.275. The molecule has 1 aliphatic heterocycles. The maximum Gasteiger partial charge on any atom is 0.0491 e. The number of rotatable bonds is 5. The lowest BCUT2D eigenvalue weighted by atomic mass is 9.94. The van der Waals surface area contributed by atoms with Gasteiger partial charge in [0.25, 0.3) is 0 Å². The lowest BCUT2D eigenvalue weighted by molar-refractivity contribution is 0.0810. The van der Waals surface area contributed by atoms with E-state index in [-0.39, 0.29) is 6.04 Å². The molecule has 0 spiro atoms. The Labute approximate surface area is 127 Å². The van der Waals surface area contributed by atoms with Gasteiger partial charge >= 0.3 is 0 Å². The second-order valence-electron chi connectivity index (χ2n) is 5.69. The topological polar surface area (TPSA) is 38.5 Å². The van der Waals surface area contributed by atoms with Gasteiger partial charge in [0.15, 0.2) is 0 Å². The van der Waals surface area contributed by atoms with Crippen molar-refractivity contribution < 1.29 is 4.74 Å². The van der Waals surface area contributed by atoms with Crippen LogP contribution in [0.15, 0.2) is 18.2 Å². The summed E-state index contributed by atoms with van der Waals surface area (Å²) in [7, 11) is 1.78. The Kier molecular flexibility index (Phi) is 5.85. The molecular weight excluding hydrogens is 272 g/mol. The first-order valence-electron chi connectivity index (χ1n) is 7.34. The summed E-state index contributed by atoms with van der Waals surface area (Å²) in [6, 6.07) is 6.57. The van der Waals surface area contributed by atoms with Crippen LogP contribution in [0.5, 0.6) is 0 Å². The van der Waals surface area contributed by atoms with E-state index in [0.717, 1.165) is 30.3 Å². The molecule has 0 bridgehead atoms. The quantitative estimate of drug-likeness (QED) is 0.908. The molecule has 1 fully saturated rings. The summed E-state index contributed by atoms with van der Waals surface area (Å²) < 4.78 is 5.26. The molecule has 1 aromatic carbocycles. The summed E-state index contributed by atoms with van der Waals surface area (Å²) in [5, 5.41) is 0.829. The van der Waals surface area contributed by atoms with Crippen LogP contribution in [0, 0.1) is 12.8 Å². The predicted octanol–water partition coefficient (Wildman–Crippen LogP) is 3.01. The average Bonchev–Trinajstić information content (AvgIpc) is 2.46. The Morgan fingerprint density at radius 2 is 2.10 bits per heavy atom. The fourth-order valence-corrected chi connectivity index (χ4v) is 3.17. The Hall–Kier alpha value is -0.610. The highest BCUT2D eigenvalue weighted by Crippen LogP contribution is 2.28. The number of aryl methyl sites for hydroxylation is 1. The van der Waals surface area contributed by atoms with Gasteiger partial charge in [0, 0.05) is 31.3 Å². The molecule has 0 radical (unpaired) electrons. The summed E-state index contributed by atoms with van der Waals surface area (Å²) in [6.07, 6.45) is 2.37. The molecule has 1 heterocycles. The summed E-state index contributed by atoms with van der Waals surface area (Å²) in [4.78, 5) is 2.48. The second kappa shape index (κ2) is 7.41. The monoisotopic (exact) mass is 296 g/mol. The van der Waals surface area contributed by atoms with Gasteiger partial charge in [-0.2, -0.15) is 0 Å².